The fourth-order valence-electron chi connectivity index (χ4n) is 1.52. The Morgan fingerprint density at radius 2 is 2.40 bits per heavy atom. The van der Waals surface area contributed by atoms with Gasteiger partial charge in [-0.1, -0.05) is 6.08 Å². The van der Waals surface area contributed by atoms with Crippen molar-refractivity contribution >= 4 is 5.69 Å². The van der Waals surface area contributed by atoms with Gasteiger partial charge in [0.15, 0.2) is 0 Å². The van der Waals surface area contributed by atoms with Crippen LogP contribution in [0.15, 0.2) is 30.0 Å². The highest BCUT2D eigenvalue weighted by Gasteiger charge is 2.02. The van der Waals surface area contributed by atoms with Crippen LogP contribution in [0.1, 0.15) is 12.1 Å². The van der Waals surface area contributed by atoms with Gasteiger partial charge in [-0.3, -0.25) is 4.98 Å². The molecule has 0 atom stereocenters. The van der Waals surface area contributed by atoms with E-state index in [0.717, 1.165) is 37.6 Å². The molecule has 1 N–H and O–H groups in total. The Bertz CT molecular complexity index is 343. The zero-order valence-corrected chi connectivity index (χ0v) is 8.99. The van der Waals surface area contributed by atoms with Crippen LogP contribution in [-0.2, 0) is 4.74 Å². The minimum Gasteiger partial charge on any atom is -0.380 e. The number of aromatic nitrogens is 1. The topological polar surface area (TPSA) is 34.1 Å². The van der Waals surface area contributed by atoms with E-state index in [2.05, 4.69) is 16.4 Å². The van der Waals surface area contributed by atoms with Crippen LogP contribution in [0.5, 0.6) is 0 Å². The maximum atomic E-state index is 5.37. The van der Waals surface area contributed by atoms with Crippen molar-refractivity contribution in [2.24, 2.45) is 0 Å². The predicted octanol–water partition coefficient (Wildman–Crippen LogP) is 2.15. The van der Waals surface area contributed by atoms with Gasteiger partial charge in [0.2, 0.25) is 0 Å². The molecule has 0 saturated heterocycles. The van der Waals surface area contributed by atoms with Gasteiger partial charge in [0.1, 0.15) is 0 Å². The average molecular weight is 204 g/mol. The standard InChI is InChI=1S/C12H16N2O/c1-10-4-5-12(8-13-10)14-7-11-3-2-6-15-9-11/h3-5,8,14H,2,6-7,9H2,1H3. The van der Waals surface area contributed by atoms with Gasteiger partial charge < -0.3 is 10.1 Å². The van der Waals surface area contributed by atoms with E-state index >= 15 is 0 Å². The molecule has 3 heteroatoms. The lowest BCUT2D eigenvalue weighted by Gasteiger charge is -2.14. The van der Waals surface area contributed by atoms with Gasteiger partial charge in [-0.2, -0.15) is 0 Å². The third-order valence-electron chi connectivity index (χ3n) is 2.41. The van der Waals surface area contributed by atoms with E-state index in [0.29, 0.717) is 0 Å². The number of hydrogen-bond donors (Lipinski definition) is 1. The number of nitrogens with zero attached hydrogens (tertiary/aromatic N) is 1. The van der Waals surface area contributed by atoms with Crippen LogP contribution in [0.2, 0.25) is 0 Å². The minimum atomic E-state index is 0.756. The maximum absolute atomic E-state index is 5.37. The van der Waals surface area contributed by atoms with Crippen molar-refractivity contribution in [1.29, 1.82) is 0 Å². The van der Waals surface area contributed by atoms with Gasteiger partial charge in [0, 0.05) is 12.2 Å². The third kappa shape index (κ3) is 3.06. The molecule has 3 nitrogen and oxygen atoms in total. The molecule has 0 radical (unpaired) electrons. The van der Waals surface area contributed by atoms with Gasteiger partial charge in [-0.25, -0.2) is 0 Å². The molecule has 0 fully saturated rings. The van der Waals surface area contributed by atoms with E-state index in [1.165, 1.54) is 5.57 Å². The first-order valence-corrected chi connectivity index (χ1v) is 5.27. The molecule has 15 heavy (non-hydrogen) atoms. The summed E-state index contributed by atoms with van der Waals surface area (Å²) in [5.41, 5.74) is 3.43. The van der Waals surface area contributed by atoms with Crippen molar-refractivity contribution in [3.8, 4) is 0 Å². The molecule has 2 heterocycles. The van der Waals surface area contributed by atoms with E-state index in [1.807, 2.05) is 25.3 Å². The zero-order valence-electron chi connectivity index (χ0n) is 8.99. The van der Waals surface area contributed by atoms with Gasteiger partial charge >= 0.3 is 0 Å². The second kappa shape index (κ2) is 4.94. The molecule has 1 aliphatic rings. The second-order valence-electron chi connectivity index (χ2n) is 3.75. The molecule has 0 bridgehead atoms. The summed E-state index contributed by atoms with van der Waals surface area (Å²) >= 11 is 0. The number of nitrogens with one attached hydrogen (secondary N) is 1. The summed E-state index contributed by atoms with van der Waals surface area (Å²) in [6, 6.07) is 4.06. The highest BCUT2D eigenvalue weighted by molar-refractivity contribution is 5.42. The average Bonchev–Trinajstić information content (AvgIpc) is 2.30. The second-order valence-corrected chi connectivity index (χ2v) is 3.75. The minimum absolute atomic E-state index is 0.756. The lowest BCUT2D eigenvalue weighted by molar-refractivity contribution is 0.150. The molecule has 1 aliphatic heterocycles. The van der Waals surface area contributed by atoms with E-state index in [1.54, 1.807) is 0 Å². The van der Waals surface area contributed by atoms with E-state index < -0.39 is 0 Å². The molecular weight excluding hydrogens is 188 g/mol. The monoisotopic (exact) mass is 204 g/mol. The molecule has 0 unspecified atom stereocenters. The fraction of sp³-hybridized carbons (Fsp3) is 0.417. The molecule has 1 aromatic rings. The number of aryl methyl sites for hydroxylation is 1. The van der Waals surface area contributed by atoms with Crippen LogP contribution in [-0.4, -0.2) is 24.7 Å². The smallest absolute Gasteiger partial charge is 0.0693 e. The van der Waals surface area contributed by atoms with Crippen molar-refractivity contribution < 1.29 is 4.74 Å². The fourth-order valence-corrected chi connectivity index (χ4v) is 1.52. The van der Waals surface area contributed by atoms with Crippen molar-refractivity contribution in [3.05, 3.63) is 35.7 Å². The Morgan fingerprint density at radius 3 is 3.07 bits per heavy atom. The van der Waals surface area contributed by atoms with Crippen LogP contribution in [0, 0.1) is 6.92 Å². The van der Waals surface area contributed by atoms with Gasteiger partial charge in [0.25, 0.3) is 0 Å². The summed E-state index contributed by atoms with van der Waals surface area (Å²) < 4.78 is 5.37. The van der Waals surface area contributed by atoms with Crippen molar-refractivity contribution in [2.75, 3.05) is 25.1 Å². The quantitative estimate of drug-likeness (QED) is 0.766. The summed E-state index contributed by atoms with van der Waals surface area (Å²) in [6.45, 7) is 4.45. The first-order chi connectivity index (χ1) is 7.34. The molecule has 0 spiro atoms. The van der Waals surface area contributed by atoms with Crippen LogP contribution in [0.4, 0.5) is 5.69 Å². The Balaban J connectivity index is 1.87. The highest BCUT2D eigenvalue weighted by Crippen LogP contribution is 2.09. The van der Waals surface area contributed by atoms with Gasteiger partial charge in [0.05, 0.1) is 25.1 Å². The summed E-state index contributed by atoms with van der Waals surface area (Å²) in [5, 5.41) is 3.33. The molecule has 80 valence electrons. The summed E-state index contributed by atoms with van der Waals surface area (Å²) in [7, 11) is 0. The number of hydrogen-bond acceptors (Lipinski definition) is 3. The normalized spacial score (nSPS) is 15.9. The number of rotatable bonds is 3. The summed E-state index contributed by atoms with van der Waals surface area (Å²) in [6.07, 6.45) is 5.14. The Kier molecular flexibility index (Phi) is 3.35. The molecule has 0 saturated carbocycles. The largest absolute Gasteiger partial charge is 0.380 e. The number of pyridine rings is 1. The number of anilines is 1. The summed E-state index contributed by atoms with van der Waals surface area (Å²) in [4.78, 5) is 4.23. The SMILES string of the molecule is Cc1ccc(NCC2=CCCOC2)cn1. The maximum Gasteiger partial charge on any atom is 0.0693 e. The molecule has 0 aliphatic carbocycles. The highest BCUT2D eigenvalue weighted by atomic mass is 16.5. The van der Waals surface area contributed by atoms with E-state index in [9.17, 15) is 0 Å². The van der Waals surface area contributed by atoms with Crippen LogP contribution < -0.4 is 5.32 Å². The number of ether oxygens (including phenoxy) is 1. The van der Waals surface area contributed by atoms with Crippen molar-refractivity contribution in [3.63, 3.8) is 0 Å². The van der Waals surface area contributed by atoms with Crippen LogP contribution in [0.3, 0.4) is 0 Å². The first kappa shape index (κ1) is 10.2. The first-order valence-electron chi connectivity index (χ1n) is 5.27. The van der Waals surface area contributed by atoms with Crippen molar-refractivity contribution in [2.45, 2.75) is 13.3 Å². The Hall–Kier alpha value is -1.35. The molecule has 1 aromatic heterocycles. The zero-order chi connectivity index (χ0) is 10.5. The third-order valence-corrected chi connectivity index (χ3v) is 2.41. The summed E-state index contributed by atoms with van der Waals surface area (Å²) in [5.74, 6) is 0. The molecule has 0 aromatic carbocycles. The lowest BCUT2D eigenvalue weighted by atomic mass is 10.2. The molecular formula is C12H16N2O. The van der Waals surface area contributed by atoms with E-state index in [4.69, 9.17) is 4.74 Å². The van der Waals surface area contributed by atoms with Gasteiger partial charge in [-0.05, 0) is 31.1 Å². The van der Waals surface area contributed by atoms with Gasteiger partial charge in [-0.15, -0.1) is 0 Å². The van der Waals surface area contributed by atoms with Crippen LogP contribution >= 0.6 is 0 Å². The van der Waals surface area contributed by atoms with E-state index in [-0.39, 0.29) is 0 Å². The van der Waals surface area contributed by atoms with Crippen LogP contribution in [0.25, 0.3) is 0 Å². The lowest BCUT2D eigenvalue weighted by Crippen LogP contribution is -2.14. The Labute approximate surface area is 90.2 Å². The predicted molar refractivity (Wildman–Crippen MR) is 61.0 cm³/mol. The van der Waals surface area contributed by atoms with Crippen molar-refractivity contribution in [1.82, 2.24) is 4.98 Å². The molecule has 2 rings (SSSR count). The Morgan fingerprint density at radius 1 is 1.47 bits per heavy atom. The molecule has 0 amide bonds.